The molecule has 0 aliphatic rings. The van der Waals surface area contributed by atoms with Crippen LogP contribution in [0.1, 0.15) is 32.3 Å². The van der Waals surface area contributed by atoms with Gasteiger partial charge in [0.25, 0.3) is 0 Å². The maximum atomic E-state index is 11.8. The molecule has 0 fully saturated rings. The van der Waals surface area contributed by atoms with Gasteiger partial charge in [-0.05, 0) is 43.9 Å². The van der Waals surface area contributed by atoms with Crippen LogP contribution in [-0.2, 0) is 0 Å². The summed E-state index contributed by atoms with van der Waals surface area (Å²) in [5.74, 6) is 0. The summed E-state index contributed by atoms with van der Waals surface area (Å²) in [6.07, 6.45) is 1.99. The lowest BCUT2D eigenvalue weighted by molar-refractivity contribution is 0.242. The molecule has 0 saturated heterocycles. The van der Waals surface area contributed by atoms with E-state index in [-0.39, 0.29) is 11.4 Å². The van der Waals surface area contributed by atoms with E-state index < -0.39 is 0 Å². The Morgan fingerprint density at radius 3 is 2.47 bits per heavy atom. The summed E-state index contributed by atoms with van der Waals surface area (Å²) in [6, 6.07) is 7.58. The highest BCUT2D eigenvalue weighted by Crippen LogP contribution is 2.20. The Kier molecular flexibility index (Phi) is 5.83. The molecule has 0 aromatic heterocycles. The van der Waals surface area contributed by atoms with Gasteiger partial charge >= 0.3 is 6.03 Å². The molecule has 4 N–H and O–H groups in total. The number of hydrogen-bond donors (Lipinski definition) is 3. The summed E-state index contributed by atoms with van der Waals surface area (Å²) in [6.45, 7) is 7.62. The lowest BCUT2D eigenvalue weighted by Gasteiger charge is -2.24. The van der Waals surface area contributed by atoms with Crippen LogP contribution >= 0.6 is 0 Å². The fourth-order valence-electron chi connectivity index (χ4n) is 1.80. The summed E-state index contributed by atoms with van der Waals surface area (Å²) in [5, 5.41) is 5.73. The normalized spacial score (nSPS) is 11.2. The lowest BCUT2D eigenvalue weighted by Crippen LogP contribution is -2.37. The van der Waals surface area contributed by atoms with Crippen LogP contribution in [0.2, 0.25) is 0 Å². The molecule has 106 valence electrons. The lowest BCUT2D eigenvalue weighted by atomic mass is 9.88. The quantitative estimate of drug-likeness (QED) is 0.738. The van der Waals surface area contributed by atoms with E-state index in [0.717, 1.165) is 18.5 Å². The number of anilines is 1. The molecule has 0 bridgehead atoms. The first kappa shape index (κ1) is 15.5. The van der Waals surface area contributed by atoms with Crippen LogP contribution in [-0.4, -0.2) is 19.1 Å². The molecule has 0 unspecified atom stereocenters. The molecule has 1 aromatic carbocycles. The Morgan fingerprint density at radius 1 is 1.26 bits per heavy atom. The van der Waals surface area contributed by atoms with Gasteiger partial charge in [0.05, 0.1) is 0 Å². The second kappa shape index (κ2) is 7.14. The van der Waals surface area contributed by atoms with Gasteiger partial charge in [-0.25, -0.2) is 4.79 Å². The van der Waals surface area contributed by atoms with Gasteiger partial charge in [0.15, 0.2) is 0 Å². The van der Waals surface area contributed by atoms with Crippen LogP contribution < -0.4 is 16.4 Å². The third kappa shape index (κ3) is 6.25. The van der Waals surface area contributed by atoms with E-state index in [1.54, 1.807) is 0 Å². The molecule has 19 heavy (non-hydrogen) atoms. The SMILES string of the molecule is Cc1ccc(NC(=O)NCC(C)(C)CCCN)cc1. The Balaban J connectivity index is 2.37. The van der Waals surface area contributed by atoms with E-state index >= 15 is 0 Å². The summed E-state index contributed by atoms with van der Waals surface area (Å²) < 4.78 is 0. The zero-order chi connectivity index (χ0) is 14.3. The zero-order valence-electron chi connectivity index (χ0n) is 12.1. The second-order valence-electron chi connectivity index (χ2n) is 5.73. The van der Waals surface area contributed by atoms with E-state index in [1.165, 1.54) is 5.56 Å². The topological polar surface area (TPSA) is 67.2 Å². The van der Waals surface area contributed by atoms with E-state index in [4.69, 9.17) is 5.73 Å². The van der Waals surface area contributed by atoms with Gasteiger partial charge < -0.3 is 16.4 Å². The largest absolute Gasteiger partial charge is 0.337 e. The van der Waals surface area contributed by atoms with Crippen LogP contribution in [0.5, 0.6) is 0 Å². The molecule has 2 amide bonds. The number of benzene rings is 1. The minimum atomic E-state index is -0.162. The van der Waals surface area contributed by atoms with Crippen molar-refractivity contribution in [2.75, 3.05) is 18.4 Å². The van der Waals surface area contributed by atoms with Crippen molar-refractivity contribution in [1.29, 1.82) is 0 Å². The van der Waals surface area contributed by atoms with Gasteiger partial charge in [0.1, 0.15) is 0 Å². The third-order valence-electron chi connectivity index (χ3n) is 3.09. The number of carbonyl (C=O) groups is 1. The molecule has 0 radical (unpaired) electrons. The van der Waals surface area contributed by atoms with E-state index in [1.807, 2.05) is 31.2 Å². The summed E-state index contributed by atoms with van der Waals surface area (Å²) >= 11 is 0. The fraction of sp³-hybridized carbons (Fsp3) is 0.533. The number of nitrogens with two attached hydrogens (primary N) is 1. The van der Waals surface area contributed by atoms with Gasteiger partial charge in [-0.3, -0.25) is 0 Å². The molecule has 0 atom stereocenters. The first-order valence-corrected chi connectivity index (χ1v) is 6.74. The molecule has 0 heterocycles. The number of urea groups is 1. The smallest absolute Gasteiger partial charge is 0.319 e. The Bertz CT molecular complexity index is 398. The number of carbonyl (C=O) groups excluding carboxylic acids is 1. The highest BCUT2D eigenvalue weighted by atomic mass is 16.2. The summed E-state index contributed by atoms with van der Waals surface area (Å²) in [7, 11) is 0. The molecule has 0 saturated carbocycles. The minimum absolute atomic E-state index is 0.0734. The first-order valence-electron chi connectivity index (χ1n) is 6.74. The van der Waals surface area contributed by atoms with Crippen molar-refractivity contribution in [3.63, 3.8) is 0 Å². The van der Waals surface area contributed by atoms with Crippen molar-refractivity contribution in [3.8, 4) is 0 Å². The number of aryl methyl sites for hydroxylation is 1. The van der Waals surface area contributed by atoms with Gasteiger partial charge in [-0.15, -0.1) is 0 Å². The standard InChI is InChI=1S/C15H25N3O/c1-12-5-7-13(8-6-12)18-14(19)17-11-15(2,3)9-4-10-16/h5-8H,4,9-11,16H2,1-3H3,(H2,17,18,19). The monoisotopic (exact) mass is 263 g/mol. The Morgan fingerprint density at radius 2 is 1.89 bits per heavy atom. The summed E-state index contributed by atoms with van der Waals surface area (Å²) in [5.41, 5.74) is 7.56. The third-order valence-corrected chi connectivity index (χ3v) is 3.09. The van der Waals surface area contributed by atoms with Gasteiger partial charge in [0.2, 0.25) is 0 Å². The molecule has 0 spiro atoms. The number of nitrogens with one attached hydrogen (secondary N) is 2. The van der Waals surface area contributed by atoms with Gasteiger partial charge in [0, 0.05) is 12.2 Å². The number of rotatable bonds is 6. The van der Waals surface area contributed by atoms with Crippen molar-refractivity contribution in [2.24, 2.45) is 11.1 Å². The fourth-order valence-corrected chi connectivity index (χ4v) is 1.80. The molecule has 1 rings (SSSR count). The van der Waals surface area contributed by atoms with Crippen LogP contribution in [0.3, 0.4) is 0 Å². The van der Waals surface area contributed by atoms with Crippen molar-refractivity contribution in [1.82, 2.24) is 5.32 Å². The van der Waals surface area contributed by atoms with Gasteiger partial charge in [-0.1, -0.05) is 31.5 Å². The molecule has 0 aliphatic carbocycles. The van der Waals surface area contributed by atoms with Crippen LogP contribution in [0.15, 0.2) is 24.3 Å². The van der Waals surface area contributed by atoms with E-state index in [2.05, 4.69) is 24.5 Å². The molecule has 1 aromatic rings. The molecular formula is C15H25N3O. The zero-order valence-corrected chi connectivity index (χ0v) is 12.1. The maximum Gasteiger partial charge on any atom is 0.319 e. The predicted molar refractivity (Wildman–Crippen MR) is 80.3 cm³/mol. The van der Waals surface area contributed by atoms with Crippen molar-refractivity contribution in [3.05, 3.63) is 29.8 Å². The average Bonchev–Trinajstić information content (AvgIpc) is 2.37. The molecule has 4 nitrogen and oxygen atoms in total. The van der Waals surface area contributed by atoms with E-state index in [9.17, 15) is 4.79 Å². The molecule has 0 aliphatic heterocycles. The molecular weight excluding hydrogens is 238 g/mol. The van der Waals surface area contributed by atoms with Crippen LogP contribution in [0, 0.1) is 12.3 Å². The highest BCUT2D eigenvalue weighted by Gasteiger charge is 2.18. The molecule has 4 heteroatoms. The van der Waals surface area contributed by atoms with Crippen molar-refractivity contribution in [2.45, 2.75) is 33.6 Å². The first-order chi connectivity index (χ1) is 8.93. The van der Waals surface area contributed by atoms with Gasteiger partial charge in [-0.2, -0.15) is 0 Å². The average molecular weight is 263 g/mol. The second-order valence-corrected chi connectivity index (χ2v) is 5.73. The summed E-state index contributed by atoms with van der Waals surface area (Å²) in [4.78, 5) is 11.8. The maximum absolute atomic E-state index is 11.8. The Hall–Kier alpha value is -1.55. The van der Waals surface area contributed by atoms with Crippen molar-refractivity contribution >= 4 is 11.7 Å². The highest BCUT2D eigenvalue weighted by molar-refractivity contribution is 5.89. The number of amides is 2. The van der Waals surface area contributed by atoms with Crippen LogP contribution in [0.25, 0.3) is 0 Å². The Labute approximate surface area is 115 Å². The predicted octanol–water partition coefficient (Wildman–Crippen LogP) is 2.88. The number of hydrogen-bond acceptors (Lipinski definition) is 2. The van der Waals surface area contributed by atoms with Crippen LogP contribution in [0.4, 0.5) is 10.5 Å². The minimum Gasteiger partial charge on any atom is -0.337 e. The van der Waals surface area contributed by atoms with Crippen molar-refractivity contribution < 1.29 is 4.79 Å². The van der Waals surface area contributed by atoms with E-state index in [0.29, 0.717) is 13.1 Å².